The number of benzene rings is 2. The molecule has 65 valence electrons. The number of ether oxygens (including phenoxy) is 1. The molecular formula is C11H9OS. The first kappa shape index (κ1) is 8.32. The second kappa shape index (κ2) is 3.23. The Hall–Kier alpha value is -1.28. The maximum Gasteiger partial charge on any atom is 0.137 e. The summed E-state index contributed by atoms with van der Waals surface area (Å²) < 4.78 is 5.15. The van der Waals surface area contributed by atoms with Crippen molar-refractivity contribution >= 4 is 23.4 Å². The third-order valence-electron chi connectivity index (χ3n) is 2.03. The van der Waals surface area contributed by atoms with Gasteiger partial charge >= 0.3 is 0 Å². The van der Waals surface area contributed by atoms with Crippen molar-refractivity contribution in [3.05, 3.63) is 36.4 Å². The van der Waals surface area contributed by atoms with E-state index in [9.17, 15) is 0 Å². The number of fused-ring (bicyclic) bond motifs is 1. The summed E-state index contributed by atoms with van der Waals surface area (Å²) in [6.07, 6.45) is 0. The highest BCUT2D eigenvalue weighted by molar-refractivity contribution is 7.80. The van der Waals surface area contributed by atoms with Crippen LogP contribution in [0.2, 0.25) is 0 Å². The average Bonchev–Trinajstić information content (AvgIpc) is 2.17. The fourth-order valence-corrected chi connectivity index (χ4v) is 1.63. The van der Waals surface area contributed by atoms with Crippen molar-refractivity contribution in [1.82, 2.24) is 0 Å². The van der Waals surface area contributed by atoms with Crippen molar-refractivity contribution in [2.45, 2.75) is 4.90 Å². The second-order valence-corrected chi connectivity index (χ2v) is 3.29. The molecule has 0 aliphatic heterocycles. The highest BCUT2D eigenvalue weighted by atomic mass is 32.1. The summed E-state index contributed by atoms with van der Waals surface area (Å²) in [5, 5.41) is 2.32. The van der Waals surface area contributed by atoms with E-state index in [0.717, 1.165) is 21.4 Å². The highest BCUT2D eigenvalue weighted by Gasteiger charge is 2.01. The molecule has 0 aliphatic rings. The molecule has 1 nitrogen and oxygen atoms in total. The predicted octanol–water partition coefficient (Wildman–Crippen LogP) is 3.40. The minimum Gasteiger partial charge on any atom is -0.495 e. The molecule has 0 unspecified atom stereocenters. The Morgan fingerprint density at radius 1 is 1.08 bits per heavy atom. The maximum absolute atomic E-state index is 5.15. The normalized spacial score (nSPS) is 10.2. The maximum atomic E-state index is 5.15. The van der Waals surface area contributed by atoms with E-state index in [1.54, 1.807) is 7.11 Å². The number of rotatable bonds is 1. The number of hydrogen-bond acceptors (Lipinski definition) is 1. The van der Waals surface area contributed by atoms with Crippen LogP contribution >= 0.6 is 12.6 Å². The minimum absolute atomic E-state index is 0.765. The molecular weight excluding hydrogens is 180 g/mol. The summed E-state index contributed by atoms with van der Waals surface area (Å²) in [4.78, 5) is 0.765. The zero-order valence-electron chi connectivity index (χ0n) is 7.28. The fourth-order valence-electron chi connectivity index (χ4n) is 1.36. The molecule has 1 radical (unpaired) electrons. The lowest BCUT2D eigenvalue weighted by Crippen LogP contribution is -1.84. The quantitative estimate of drug-likeness (QED) is 0.668. The lowest BCUT2D eigenvalue weighted by Gasteiger charge is -2.04. The summed E-state index contributed by atoms with van der Waals surface area (Å²) in [6.45, 7) is 0. The van der Waals surface area contributed by atoms with Crippen LogP contribution in [-0.2, 0) is 0 Å². The molecule has 0 aliphatic carbocycles. The van der Waals surface area contributed by atoms with Crippen molar-refractivity contribution in [3.8, 4) is 5.75 Å². The van der Waals surface area contributed by atoms with Crippen LogP contribution < -0.4 is 4.74 Å². The van der Waals surface area contributed by atoms with Crippen LogP contribution in [0.25, 0.3) is 10.8 Å². The molecule has 0 spiro atoms. The first-order valence-corrected chi connectivity index (χ1v) is 4.46. The first-order valence-electron chi connectivity index (χ1n) is 4.05. The van der Waals surface area contributed by atoms with Gasteiger partial charge in [0.25, 0.3) is 0 Å². The van der Waals surface area contributed by atoms with E-state index in [1.165, 1.54) is 0 Å². The van der Waals surface area contributed by atoms with E-state index in [4.69, 9.17) is 17.4 Å². The van der Waals surface area contributed by atoms with Gasteiger partial charge in [-0.25, -0.2) is 0 Å². The molecule has 0 atom stereocenters. The van der Waals surface area contributed by atoms with Gasteiger partial charge in [-0.15, -0.1) is 0 Å². The van der Waals surface area contributed by atoms with Gasteiger partial charge in [-0.2, -0.15) is 0 Å². The molecule has 0 saturated heterocycles. The molecule has 0 N–H and O–H groups in total. The molecule has 13 heavy (non-hydrogen) atoms. The SMILES string of the molecule is COc1cc2ccccc2cc1[S]. The zero-order chi connectivity index (χ0) is 9.26. The Bertz CT molecular complexity index is 437. The van der Waals surface area contributed by atoms with E-state index >= 15 is 0 Å². The van der Waals surface area contributed by atoms with Crippen molar-refractivity contribution in [2.24, 2.45) is 0 Å². The van der Waals surface area contributed by atoms with Gasteiger partial charge in [0, 0.05) is 0 Å². The molecule has 2 rings (SSSR count). The molecule has 2 heteroatoms. The van der Waals surface area contributed by atoms with Gasteiger partial charge in [-0.05, 0) is 22.9 Å². The molecule has 0 amide bonds. The summed E-state index contributed by atoms with van der Waals surface area (Å²) in [7, 11) is 1.64. The summed E-state index contributed by atoms with van der Waals surface area (Å²) in [6, 6.07) is 12.0. The Balaban J connectivity index is 2.74. The Morgan fingerprint density at radius 3 is 2.31 bits per heavy atom. The molecule has 0 aromatic heterocycles. The van der Waals surface area contributed by atoms with Crippen LogP contribution in [0.4, 0.5) is 0 Å². The largest absolute Gasteiger partial charge is 0.495 e. The molecule has 2 aromatic carbocycles. The van der Waals surface area contributed by atoms with Crippen molar-refractivity contribution < 1.29 is 4.74 Å². The molecule has 0 bridgehead atoms. The van der Waals surface area contributed by atoms with Crippen LogP contribution in [0.5, 0.6) is 5.75 Å². The van der Waals surface area contributed by atoms with E-state index in [2.05, 4.69) is 0 Å². The lowest BCUT2D eigenvalue weighted by molar-refractivity contribution is 0.406. The molecule has 0 heterocycles. The first-order chi connectivity index (χ1) is 6.31. The van der Waals surface area contributed by atoms with E-state index < -0.39 is 0 Å². The van der Waals surface area contributed by atoms with Gasteiger partial charge in [0.05, 0.1) is 12.0 Å². The van der Waals surface area contributed by atoms with E-state index in [-0.39, 0.29) is 0 Å². The van der Waals surface area contributed by atoms with Crippen LogP contribution in [0, 0.1) is 0 Å². The fraction of sp³-hybridized carbons (Fsp3) is 0.0909. The zero-order valence-corrected chi connectivity index (χ0v) is 8.10. The van der Waals surface area contributed by atoms with Crippen molar-refractivity contribution in [2.75, 3.05) is 7.11 Å². The lowest BCUT2D eigenvalue weighted by atomic mass is 10.1. The number of hydrogen-bond donors (Lipinski definition) is 0. The van der Waals surface area contributed by atoms with E-state index in [1.807, 2.05) is 36.4 Å². The van der Waals surface area contributed by atoms with Gasteiger partial charge in [0.15, 0.2) is 0 Å². The molecule has 2 aromatic rings. The minimum atomic E-state index is 0.765. The highest BCUT2D eigenvalue weighted by Crippen LogP contribution is 2.28. The van der Waals surface area contributed by atoms with Crippen LogP contribution in [0.3, 0.4) is 0 Å². The third-order valence-corrected chi connectivity index (χ3v) is 2.35. The van der Waals surface area contributed by atoms with Gasteiger partial charge in [0.2, 0.25) is 0 Å². The molecule has 0 saturated carbocycles. The smallest absolute Gasteiger partial charge is 0.137 e. The Morgan fingerprint density at radius 2 is 1.69 bits per heavy atom. The Labute approximate surface area is 82.7 Å². The van der Waals surface area contributed by atoms with Gasteiger partial charge < -0.3 is 4.74 Å². The number of methoxy groups -OCH3 is 1. The van der Waals surface area contributed by atoms with Crippen LogP contribution in [0.1, 0.15) is 0 Å². The average molecular weight is 189 g/mol. The van der Waals surface area contributed by atoms with Crippen LogP contribution in [-0.4, -0.2) is 7.11 Å². The summed E-state index contributed by atoms with van der Waals surface area (Å²) in [5.41, 5.74) is 0. The molecule has 0 fully saturated rings. The monoisotopic (exact) mass is 189 g/mol. The third kappa shape index (κ3) is 1.45. The topological polar surface area (TPSA) is 9.23 Å². The Kier molecular flexibility index (Phi) is 2.07. The second-order valence-electron chi connectivity index (χ2n) is 2.85. The summed E-state index contributed by atoms with van der Waals surface area (Å²) in [5.74, 6) is 0.772. The van der Waals surface area contributed by atoms with Crippen molar-refractivity contribution in [1.29, 1.82) is 0 Å². The van der Waals surface area contributed by atoms with Gasteiger partial charge in [0.1, 0.15) is 5.75 Å². The summed E-state index contributed by atoms with van der Waals surface area (Å²) >= 11 is 5.15. The van der Waals surface area contributed by atoms with Gasteiger partial charge in [-0.3, -0.25) is 0 Å². The predicted molar refractivity (Wildman–Crippen MR) is 56.4 cm³/mol. The standard InChI is InChI=1S/C11H9OS/c1-12-10-6-8-4-2-3-5-9(8)7-11(10)13/h2-7H,1H3. The van der Waals surface area contributed by atoms with Gasteiger partial charge in [-0.1, -0.05) is 36.9 Å². The van der Waals surface area contributed by atoms with E-state index in [0.29, 0.717) is 0 Å². The van der Waals surface area contributed by atoms with Crippen molar-refractivity contribution in [3.63, 3.8) is 0 Å². The van der Waals surface area contributed by atoms with Crippen LogP contribution in [0.15, 0.2) is 41.3 Å².